The molecule has 0 aliphatic rings. The summed E-state index contributed by atoms with van der Waals surface area (Å²) in [6.45, 7) is 3.85. The molecular formula is C9H14FN3. The minimum Gasteiger partial charge on any atom is -0.397 e. The van der Waals surface area contributed by atoms with Crippen LogP contribution < -0.4 is 16.8 Å². The summed E-state index contributed by atoms with van der Waals surface area (Å²) in [6.07, 6.45) is 0. The molecule has 0 aromatic heterocycles. The molecule has 0 radical (unpaired) electrons. The van der Waals surface area contributed by atoms with Crippen LogP contribution in [0.15, 0.2) is 12.1 Å². The van der Waals surface area contributed by atoms with Crippen LogP contribution >= 0.6 is 0 Å². The third-order valence-electron chi connectivity index (χ3n) is 1.66. The zero-order valence-electron chi connectivity index (χ0n) is 7.76. The first-order valence-electron chi connectivity index (χ1n) is 4.12. The molecule has 1 aromatic rings. The number of rotatable bonds is 2. The van der Waals surface area contributed by atoms with E-state index in [2.05, 4.69) is 5.32 Å². The number of nitrogen functional groups attached to an aromatic ring is 2. The maximum atomic E-state index is 13.4. The minimum absolute atomic E-state index is 0.00523. The van der Waals surface area contributed by atoms with Gasteiger partial charge in [-0.25, -0.2) is 4.39 Å². The van der Waals surface area contributed by atoms with E-state index in [4.69, 9.17) is 11.5 Å². The standard InChI is InChI=1S/C9H14FN3/c1-5(2)13-7-4-3-6(11)9(12)8(7)10/h3-5,13H,11-12H2,1-2H3. The summed E-state index contributed by atoms with van der Waals surface area (Å²) in [6, 6.07) is 3.34. The Balaban J connectivity index is 3.04. The first kappa shape index (κ1) is 9.64. The third kappa shape index (κ3) is 2.02. The average molecular weight is 183 g/mol. The van der Waals surface area contributed by atoms with E-state index >= 15 is 0 Å². The van der Waals surface area contributed by atoms with Crippen LogP contribution in [0.2, 0.25) is 0 Å². The lowest BCUT2D eigenvalue weighted by Gasteiger charge is -2.12. The topological polar surface area (TPSA) is 64.1 Å². The number of benzene rings is 1. The van der Waals surface area contributed by atoms with Crippen molar-refractivity contribution in [1.82, 2.24) is 0 Å². The van der Waals surface area contributed by atoms with Crippen LogP contribution in [0.5, 0.6) is 0 Å². The van der Waals surface area contributed by atoms with Crippen molar-refractivity contribution in [2.45, 2.75) is 19.9 Å². The Morgan fingerprint density at radius 2 is 1.92 bits per heavy atom. The van der Waals surface area contributed by atoms with Gasteiger partial charge in [-0.3, -0.25) is 0 Å². The lowest BCUT2D eigenvalue weighted by atomic mass is 10.2. The molecule has 0 amide bonds. The molecule has 0 atom stereocenters. The predicted molar refractivity (Wildman–Crippen MR) is 54.0 cm³/mol. The van der Waals surface area contributed by atoms with Crippen molar-refractivity contribution in [3.05, 3.63) is 17.9 Å². The molecule has 72 valence electrons. The number of hydrogen-bond acceptors (Lipinski definition) is 3. The average Bonchev–Trinajstić information content (AvgIpc) is 2.06. The molecule has 3 nitrogen and oxygen atoms in total. The van der Waals surface area contributed by atoms with Gasteiger partial charge < -0.3 is 16.8 Å². The number of nitrogens with two attached hydrogens (primary N) is 2. The second-order valence-electron chi connectivity index (χ2n) is 3.23. The van der Waals surface area contributed by atoms with Gasteiger partial charge in [-0.15, -0.1) is 0 Å². The van der Waals surface area contributed by atoms with E-state index in [1.807, 2.05) is 13.8 Å². The van der Waals surface area contributed by atoms with Crippen molar-refractivity contribution in [3.8, 4) is 0 Å². The smallest absolute Gasteiger partial charge is 0.171 e. The maximum absolute atomic E-state index is 13.4. The fourth-order valence-electron chi connectivity index (χ4n) is 1.03. The molecule has 1 rings (SSSR count). The van der Waals surface area contributed by atoms with E-state index in [1.165, 1.54) is 0 Å². The lowest BCUT2D eigenvalue weighted by Crippen LogP contribution is -2.12. The van der Waals surface area contributed by atoms with E-state index in [9.17, 15) is 4.39 Å². The summed E-state index contributed by atoms with van der Waals surface area (Å²) >= 11 is 0. The summed E-state index contributed by atoms with van der Waals surface area (Å²) in [5.41, 5.74) is 11.5. The summed E-state index contributed by atoms with van der Waals surface area (Å²) in [7, 11) is 0. The van der Waals surface area contributed by atoms with Crippen molar-refractivity contribution in [3.63, 3.8) is 0 Å². The van der Waals surface area contributed by atoms with Crippen molar-refractivity contribution in [2.75, 3.05) is 16.8 Å². The van der Waals surface area contributed by atoms with Gasteiger partial charge >= 0.3 is 0 Å². The molecule has 0 saturated heterocycles. The molecule has 0 aliphatic heterocycles. The number of hydrogen-bond donors (Lipinski definition) is 3. The van der Waals surface area contributed by atoms with E-state index in [-0.39, 0.29) is 17.4 Å². The fourth-order valence-corrected chi connectivity index (χ4v) is 1.03. The molecule has 5 N–H and O–H groups in total. The Morgan fingerprint density at radius 1 is 1.31 bits per heavy atom. The Morgan fingerprint density at radius 3 is 2.46 bits per heavy atom. The molecule has 0 heterocycles. The number of nitrogens with one attached hydrogen (secondary N) is 1. The van der Waals surface area contributed by atoms with E-state index < -0.39 is 5.82 Å². The van der Waals surface area contributed by atoms with Gasteiger partial charge in [-0.05, 0) is 26.0 Å². The molecule has 13 heavy (non-hydrogen) atoms. The van der Waals surface area contributed by atoms with Crippen LogP contribution in [0.3, 0.4) is 0 Å². The van der Waals surface area contributed by atoms with Gasteiger partial charge in [-0.2, -0.15) is 0 Å². The number of halogens is 1. The van der Waals surface area contributed by atoms with E-state index in [1.54, 1.807) is 12.1 Å². The third-order valence-corrected chi connectivity index (χ3v) is 1.66. The summed E-state index contributed by atoms with van der Waals surface area (Å²) in [4.78, 5) is 0. The van der Waals surface area contributed by atoms with Crippen molar-refractivity contribution >= 4 is 17.1 Å². The molecule has 0 spiro atoms. The number of anilines is 3. The molecule has 0 unspecified atom stereocenters. The summed E-state index contributed by atoms with van der Waals surface area (Å²) < 4.78 is 13.4. The molecule has 0 saturated carbocycles. The molecule has 0 fully saturated rings. The molecule has 1 aromatic carbocycles. The highest BCUT2D eigenvalue weighted by molar-refractivity contribution is 5.70. The van der Waals surface area contributed by atoms with E-state index in [0.29, 0.717) is 5.69 Å². The SMILES string of the molecule is CC(C)Nc1ccc(N)c(N)c1F. The highest BCUT2D eigenvalue weighted by atomic mass is 19.1. The second-order valence-corrected chi connectivity index (χ2v) is 3.23. The zero-order chi connectivity index (χ0) is 10.0. The molecular weight excluding hydrogens is 169 g/mol. The van der Waals surface area contributed by atoms with Gasteiger partial charge in [0.15, 0.2) is 5.82 Å². The zero-order valence-corrected chi connectivity index (χ0v) is 7.76. The fraction of sp³-hybridized carbons (Fsp3) is 0.333. The van der Waals surface area contributed by atoms with Gasteiger partial charge in [0.1, 0.15) is 0 Å². The quantitative estimate of drug-likeness (QED) is 0.613. The van der Waals surface area contributed by atoms with Gasteiger partial charge in [0.2, 0.25) is 0 Å². The monoisotopic (exact) mass is 183 g/mol. The summed E-state index contributed by atoms with van der Waals surface area (Å²) in [5, 5.41) is 2.93. The Labute approximate surface area is 76.9 Å². The van der Waals surface area contributed by atoms with Crippen LogP contribution in [-0.4, -0.2) is 6.04 Å². The summed E-state index contributed by atoms with van der Waals surface area (Å²) in [5.74, 6) is -0.478. The predicted octanol–water partition coefficient (Wildman–Crippen LogP) is 1.81. The van der Waals surface area contributed by atoms with Crippen LogP contribution in [0.4, 0.5) is 21.5 Å². The van der Waals surface area contributed by atoms with Gasteiger partial charge in [0.05, 0.1) is 17.1 Å². The highest BCUT2D eigenvalue weighted by Crippen LogP contribution is 2.25. The molecule has 0 aliphatic carbocycles. The highest BCUT2D eigenvalue weighted by Gasteiger charge is 2.08. The Kier molecular flexibility index (Phi) is 2.60. The maximum Gasteiger partial charge on any atom is 0.171 e. The Hall–Kier alpha value is -1.45. The first-order chi connectivity index (χ1) is 6.02. The van der Waals surface area contributed by atoms with Crippen LogP contribution in [-0.2, 0) is 0 Å². The van der Waals surface area contributed by atoms with Crippen molar-refractivity contribution in [2.24, 2.45) is 0 Å². The van der Waals surface area contributed by atoms with Gasteiger partial charge in [0, 0.05) is 6.04 Å². The Bertz CT molecular complexity index is 310. The van der Waals surface area contributed by atoms with Crippen LogP contribution in [0, 0.1) is 5.82 Å². The normalized spacial score (nSPS) is 10.5. The van der Waals surface area contributed by atoms with Crippen molar-refractivity contribution < 1.29 is 4.39 Å². The lowest BCUT2D eigenvalue weighted by molar-refractivity contribution is 0.633. The second kappa shape index (κ2) is 3.51. The van der Waals surface area contributed by atoms with E-state index in [0.717, 1.165) is 0 Å². The van der Waals surface area contributed by atoms with Gasteiger partial charge in [-0.1, -0.05) is 0 Å². The van der Waals surface area contributed by atoms with Crippen molar-refractivity contribution in [1.29, 1.82) is 0 Å². The van der Waals surface area contributed by atoms with Crippen LogP contribution in [0.25, 0.3) is 0 Å². The molecule has 0 bridgehead atoms. The van der Waals surface area contributed by atoms with Gasteiger partial charge in [0.25, 0.3) is 0 Å². The molecule has 4 heteroatoms. The largest absolute Gasteiger partial charge is 0.397 e. The minimum atomic E-state index is -0.478. The first-order valence-corrected chi connectivity index (χ1v) is 4.12. The van der Waals surface area contributed by atoms with Crippen LogP contribution in [0.1, 0.15) is 13.8 Å².